The molecule has 0 bridgehead atoms. The summed E-state index contributed by atoms with van der Waals surface area (Å²) in [5.41, 5.74) is 1.50. The zero-order valence-electron chi connectivity index (χ0n) is 9.47. The third-order valence-corrected chi connectivity index (χ3v) is 3.00. The average molecular weight is 209 g/mol. The highest BCUT2D eigenvalue weighted by Crippen LogP contribution is 2.45. The Balaban J connectivity index is 1.80. The second-order valence-electron chi connectivity index (χ2n) is 4.49. The third kappa shape index (κ3) is 2.58. The van der Waals surface area contributed by atoms with E-state index in [1.165, 1.54) is 12.8 Å². The molecule has 1 aromatic heterocycles. The van der Waals surface area contributed by atoms with Gasteiger partial charge in [-0.05, 0) is 12.8 Å². The smallest absolute Gasteiger partial charge is 0.112 e. The third-order valence-electron chi connectivity index (χ3n) is 3.00. The number of hydrogen-bond donors (Lipinski definition) is 2. The molecule has 1 aliphatic rings. The molecular weight excluding hydrogens is 190 g/mol. The molecule has 0 radical (unpaired) electrons. The lowest BCUT2D eigenvalue weighted by Gasteiger charge is -2.03. The first-order chi connectivity index (χ1) is 7.24. The SMILES string of the molecule is COCCNCc1cnc(C2(C)CC2)[nH]1. The highest BCUT2D eigenvalue weighted by molar-refractivity contribution is 5.18. The molecule has 2 N–H and O–H groups in total. The van der Waals surface area contributed by atoms with E-state index in [2.05, 4.69) is 22.2 Å². The van der Waals surface area contributed by atoms with Crippen molar-refractivity contribution in [1.82, 2.24) is 15.3 Å². The second-order valence-corrected chi connectivity index (χ2v) is 4.49. The molecule has 0 aromatic carbocycles. The van der Waals surface area contributed by atoms with Crippen LogP contribution in [-0.4, -0.2) is 30.2 Å². The summed E-state index contributed by atoms with van der Waals surface area (Å²) in [5.74, 6) is 1.14. The summed E-state index contributed by atoms with van der Waals surface area (Å²) >= 11 is 0. The fourth-order valence-electron chi connectivity index (χ4n) is 1.58. The van der Waals surface area contributed by atoms with Crippen molar-refractivity contribution in [3.8, 4) is 0 Å². The Morgan fingerprint density at radius 3 is 3.07 bits per heavy atom. The Morgan fingerprint density at radius 1 is 1.60 bits per heavy atom. The summed E-state index contributed by atoms with van der Waals surface area (Å²) in [7, 11) is 1.71. The lowest BCUT2D eigenvalue weighted by atomic mass is 10.1. The van der Waals surface area contributed by atoms with Crippen molar-refractivity contribution >= 4 is 0 Å². The van der Waals surface area contributed by atoms with Crippen molar-refractivity contribution in [2.75, 3.05) is 20.3 Å². The zero-order chi connectivity index (χ0) is 10.7. The van der Waals surface area contributed by atoms with Crippen LogP contribution in [0.15, 0.2) is 6.20 Å². The summed E-state index contributed by atoms with van der Waals surface area (Å²) in [6.07, 6.45) is 4.45. The largest absolute Gasteiger partial charge is 0.383 e. The number of imidazole rings is 1. The summed E-state index contributed by atoms with van der Waals surface area (Å²) in [4.78, 5) is 7.80. The Hall–Kier alpha value is -0.870. The molecule has 1 fully saturated rings. The van der Waals surface area contributed by atoms with Crippen molar-refractivity contribution in [1.29, 1.82) is 0 Å². The van der Waals surface area contributed by atoms with Gasteiger partial charge in [0.25, 0.3) is 0 Å². The molecular formula is C11H19N3O. The fourth-order valence-corrected chi connectivity index (χ4v) is 1.58. The van der Waals surface area contributed by atoms with E-state index >= 15 is 0 Å². The zero-order valence-corrected chi connectivity index (χ0v) is 9.47. The van der Waals surface area contributed by atoms with Gasteiger partial charge in [-0.3, -0.25) is 0 Å². The molecule has 2 rings (SSSR count). The van der Waals surface area contributed by atoms with Crippen LogP contribution in [0.1, 0.15) is 31.3 Å². The number of H-pyrrole nitrogens is 1. The molecule has 4 nitrogen and oxygen atoms in total. The molecule has 0 aliphatic heterocycles. The van der Waals surface area contributed by atoms with E-state index in [-0.39, 0.29) is 0 Å². The maximum atomic E-state index is 4.96. The molecule has 0 unspecified atom stereocenters. The molecule has 0 atom stereocenters. The van der Waals surface area contributed by atoms with Crippen molar-refractivity contribution in [2.24, 2.45) is 0 Å². The number of nitrogens with zero attached hydrogens (tertiary/aromatic N) is 1. The van der Waals surface area contributed by atoms with Crippen LogP contribution in [0.3, 0.4) is 0 Å². The van der Waals surface area contributed by atoms with Gasteiger partial charge in [0.2, 0.25) is 0 Å². The van der Waals surface area contributed by atoms with Crippen LogP contribution >= 0.6 is 0 Å². The van der Waals surface area contributed by atoms with Gasteiger partial charge in [-0.15, -0.1) is 0 Å². The summed E-state index contributed by atoms with van der Waals surface area (Å²) in [5, 5.41) is 3.29. The first-order valence-electron chi connectivity index (χ1n) is 5.49. The van der Waals surface area contributed by atoms with Crippen molar-refractivity contribution < 1.29 is 4.74 Å². The van der Waals surface area contributed by atoms with Crippen LogP contribution in [0.4, 0.5) is 0 Å². The summed E-state index contributed by atoms with van der Waals surface area (Å²) in [6, 6.07) is 0. The molecule has 1 heterocycles. The predicted octanol–water partition coefficient (Wildman–Crippen LogP) is 1.20. The van der Waals surface area contributed by atoms with Crippen LogP contribution in [-0.2, 0) is 16.7 Å². The minimum atomic E-state index is 0.338. The number of rotatable bonds is 6. The minimum absolute atomic E-state index is 0.338. The maximum Gasteiger partial charge on any atom is 0.112 e. The molecule has 0 spiro atoms. The Labute approximate surface area is 90.4 Å². The number of nitrogens with one attached hydrogen (secondary N) is 2. The molecule has 84 valence electrons. The van der Waals surface area contributed by atoms with Crippen molar-refractivity contribution in [3.63, 3.8) is 0 Å². The number of hydrogen-bond acceptors (Lipinski definition) is 3. The summed E-state index contributed by atoms with van der Waals surface area (Å²) in [6.45, 7) is 4.72. The summed E-state index contributed by atoms with van der Waals surface area (Å²) < 4.78 is 4.96. The van der Waals surface area contributed by atoms with Gasteiger partial charge < -0.3 is 15.0 Å². The first kappa shape index (κ1) is 10.6. The predicted molar refractivity (Wildman–Crippen MR) is 58.8 cm³/mol. The number of methoxy groups -OCH3 is 1. The van der Waals surface area contributed by atoms with E-state index in [1.54, 1.807) is 7.11 Å². The molecule has 1 aliphatic carbocycles. The van der Waals surface area contributed by atoms with Gasteiger partial charge in [0.15, 0.2) is 0 Å². The molecule has 1 saturated carbocycles. The molecule has 4 heteroatoms. The van der Waals surface area contributed by atoms with Crippen molar-refractivity contribution in [3.05, 3.63) is 17.7 Å². The first-order valence-corrected chi connectivity index (χ1v) is 5.49. The normalized spacial score (nSPS) is 18.0. The molecule has 0 saturated heterocycles. The monoisotopic (exact) mass is 209 g/mol. The van der Waals surface area contributed by atoms with Gasteiger partial charge in [-0.2, -0.15) is 0 Å². The Morgan fingerprint density at radius 2 is 2.40 bits per heavy atom. The molecule has 15 heavy (non-hydrogen) atoms. The molecule has 0 amide bonds. The van der Waals surface area contributed by atoms with E-state index in [1.807, 2.05) is 6.20 Å². The quantitative estimate of drug-likeness (QED) is 0.692. The van der Waals surface area contributed by atoms with E-state index in [0.717, 1.165) is 31.2 Å². The average Bonchev–Trinajstić information content (AvgIpc) is 2.82. The standard InChI is InChI=1S/C11H19N3O/c1-11(3-4-11)10-13-8-9(14-10)7-12-5-6-15-2/h8,12H,3-7H2,1-2H3,(H,13,14). The van der Waals surface area contributed by atoms with Gasteiger partial charge in [0.05, 0.1) is 6.61 Å². The lowest BCUT2D eigenvalue weighted by molar-refractivity contribution is 0.199. The van der Waals surface area contributed by atoms with Gasteiger partial charge in [-0.25, -0.2) is 4.98 Å². The number of aromatic nitrogens is 2. The van der Waals surface area contributed by atoms with E-state index in [9.17, 15) is 0 Å². The van der Waals surface area contributed by atoms with Crippen LogP contribution in [0.5, 0.6) is 0 Å². The fraction of sp³-hybridized carbons (Fsp3) is 0.727. The maximum absolute atomic E-state index is 4.96. The number of ether oxygens (including phenoxy) is 1. The van der Waals surface area contributed by atoms with Crippen LogP contribution in [0.25, 0.3) is 0 Å². The van der Waals surface area contributed by atoms with Crippen LogP contribution in [0, 0.1) is 0 Å². The van der Waals surface area contributed by atoms with E-state index in [4.69, 9.17) is 4.74 Å². The van der Waals surface area contributed by atoms with Gasteiger partial charge in [-0.1, -0.05) is 6.92 Å². The highest BCUT2D eigenvalue weighted by Gasteiger charge is 2.41. The lowest BCUT2D eigenvalue weighted by Crippen LogP contribution is -2.18. The van der Waals surface area contributed by atoms with Crippen LogP contribution < -0.4 is 5.32 Å². The number of aromatic amines is 1. The van der Waals surface area contributed by atoms with Crippen LogP contribution in [0.2, 0.25) is 0 Å². The van der Waals surface area contributed by atoms with Crippen molar-refractivity contribution in [2.45, 2.75) is 31.7 Å². The minimum Gasteiger partial charge on any atom is -0.383 e. The Kier molecular flexibility index (Phi) is 3.07. The van der Waals surface area contributed by atoms with E-state index in [0.29, 0.717) is 5.41 Å². The topological polar surface area (TPSA) is 49.9 Å². The highest BCUT2D eigenvalue weighted by atomic mass is 16.5. The second kappa shape index (κ2) is 4.33. The van der Waals surface area contributed by atoms with Gasteiger partial charge in [0.1, 0.15) is 5.82 Å². The Bertz CT molecular complexity index is 317. The van der Waals surface area contributed by atoms with Gasteiger partial charge >= 0.3 is 0 Å². The van der Waals surface area contributed by atoms with Gasteiger partial charge in [0, 0.05) is 37.5 Å². The van der Waals surface area contributed by atoms with E-state index < -0.39 is 0 Å². The molecule has 1 aromatic rings.